The number of allylic oxidation sites excluding steroid dienone is 4. The number of hydrogen-bond donors (Lipinski definition) is 1. The Balaban J connectivity index is 1.74. The second-order valence-electron chi connectivity index (χ2n) is 6.62. The maximum atomic E-state index is 3.40. The van der Waals surface area contributed by atoms with Crippen LogP contribution in [0.1, 0.15) is 16.7 Å². The smallest absolute Gasteiger partial charge is 0.0459 e. The average molecular weight is 321 g/mol. The largest absolute Gasteiger partial charge is 0.361 e. The highest BCUT2D eigenvalue weighted by Crippen LogP contribution is 2.38. The maximum Gasteiger partial charge on any atom is 0.0459 e. The molecule has 0 aromatic heterocycles. The fourth-order valence-corrected chi connectivity index (χ4v) is 4.06. The van der Waals surface area contributed by atoms with Gasteiger partial charge in [0.25, 0.3) is 0 Å². The first kappa shape index (κ1) is 14.3. The molecule has 0 fully saturated rings. The van der Waals surface area contributed by atoms with Crippen molar-refractivity contribution in [3.63, 3.8) is 0 Å². The molecule has 0 bridgehead atoms. The molecular formula is C24H19N. The topological polar surface area (TPSA) is 12.0 Å². The third-order valence-corrected chi connectivity index (χ3v) is 5.24. The van der Waals surface area contributed by atoms with Crippen LogP contribution in [0.2, 0.25) is 0 Å². The lowest BCUT2D eigenvalue weighted by Gasteiger charge is -2.22. The highest BCUT2D eigenvalue weighted by atomic mass is 14.8. The van der Waals surface area contributed by atoms with E-state index < -0.39 is 0 Å². The van der Waals surface area contributed by atoms with Gasteiger partial charge in [-0.1, -0.05) is 66.7 Å². The summed E-state index contributed by atoms with van der Waals surface area (Å²) in [5.41, 5.74) is 8.15. The highest BCUT2D eigenvalue weighted by molar-refractivity contribution is 5.99. The summed E-state index contributed by atoms with van der Waals surface area (Å²) in [5, 5.41) is 6.11. The van der Waals surface area contributed by atoms with Crippen molar-refractivity contribution in [3.05, 3.63) is 102 Å². The Morgan fingerprint density at radius 3 is 2.56 bits per heavy atom. The average Bonchev–Trinajstić information content (AvgIpc) is 2.96. The number of benzene rings is 3. The van der Waals surface area contributed by atoms with Gasteiger partial charge in [0.15, 0.2) is 0 Å². The normalized spacial score (nSPS) is 15.1. The van der Waals surface area contributed by atoms with Crippen molar-refractivity contribution in [3.8, 4) is 11.1 Å². The minimum absolute atomic E-state index is 1.11. The molecule has 2 aliphatic rings. The molecule has 3 aromatic carbocycles. The van der Waals surface area contributed by atoms with Crippen molar-refractivity contribution < 1.29 is 0 Å². The minimum atomic E-state index is 1.11. The standard InChI is InChI=1S/C24H19N/c1-2-11-24(25-16-5-1)23-10-6-9-19-21-13-12-17-7-3-4-8-18(17)20(21)14-15-22(19)23/h1-11,14-16,25H,12-13H2. The van der Waals surface area contributed by atoms with E-state index >= 15 is 0 Å². The van der Waals surface area contributed by atoms with Gasteiger partial charge >= 0.3 is 0 Å². The molecule has 0 spiro atoms. The van der Waals surface area contributed by atoms with Crippen LogP contribution in [0.4, 0.5) is 0 Å². The third-order valence-electron chi connectivity index (χ3n) is 5.24. The Morgan fingerprint density at radius 1 is 0.640 bits per heavy atom. The van der Waals surface area contributed by atoms with Crippen molar-refractivity contribution >= 4 is 16.5 Å². The van der Waals surface area contributed by atoms with Crippen LogP contribution < -0.4 is 5.32 Å². The van der Waals surface area contributed by atoms with E-state index in [1.165, 1.54) is 38.6 Å². The highest BCUT2D eigenvalue weighted by Gasteiger charge is 2.18. The number of hydrogen-bond acceptors (Lipinski definition) is 1. The van der Waals surface area contributed by atoms with Crippen LogP contribution >= 0.6 is 0 Å². The molecule has 1 nitrogen and oxygen atoms in total. The predicted molar refractivity (Wildman–Crippen MR) is 106 cm³/mol. The van der Waals surface area contributed by atoms with Gasteiger partial charge < -0.3 is 5.32 Å². The zero-order chi connectivity index (χ0) is 16.6. The fourth-order valence-electron chi connectivity index (χ4n) is 4.06. The van der Waals surface area contributed by atoms with E-state index in [-0.39, 0.29) is 0 Å². The summed E-state index contributed by atoms with van der Waals surface area (Å²) in [6.45, 7) is 0. The Hall–Kier alpha value is -3.06. The molecule has 0 unspecified atom stereocenters. The summed E-state index contributed by atoms with van der Waals surface area (Å²) in [6.07, 6.45) is 12.5. The molecule has 1 N–H and O–H groups in total. The van der Waals surface area contributed by atoms with Crippen LogP contribution in [0.25, 0.3) is 27.6 Å². The molecule has 1 aliphatic carbocycles. The van der Waals surface area contributed by atoms with Crippen LogP contribution in [0.3, 0.4) is 0 Å². The Labute approximate surface area is 148 Å². The van der Waals surface area contributed by atoms with Gasteiger partial charge in [-0.05, 0) is 58.0 Å². The van der Waals surface area contributed by atoms with Crippen LogP contribution in [-0.4, -0.2) is 0 Å². The number of rotatable bonds is 1. The van der Waals surface area contributed by atoms with Gasteiger partial charge in [0.2, 0.25) is 0 Å². The minimum Gasteiger partial charge on any atom is -0.361 e. The number of aryl methyl sites for hydroxylation is 2. The Bertz CT molecular complexity index is 1070. The summed E-state index contributed by atoms with van der Waals surface area (Å²) < 4.78 is 0. The van der Waals surface area contributed by atoms with E-state index in [2.05, 4.69) is 72.1 Å². The molecule has 1 heteroatoms. The summed E-state index contributed by atoms with van der Waals surface area (Å²) in [7, 11) is 0. The first-order chi connectivity index (χ1) is 12.4. The lowest BCUT2D eigenvalue weighted by atomic mass is 9.82. The second-order valence-corrected chi connectivity index (χ2v) is 6.62. The molecule has 25 heavy (non-hydrogen) atoms. The molecular weight excluding hydrogens is 302 g/mol. The lowest BCUT2D eigenvalue weighted by molar-refractivity contribution is 0.951. The van der Waals surface area contributed by atoms with Crippen LogP contribution in [0.15, 0.2) is 85.1 Å². The van der Waals surface area contributed by atoms with E-state index in [4.69, 9.17) is 0 Å². The molecule has 0 amide bonds. The van der Waals surface area contributed by atoms with Gasteiger partial charge in [0, 0.05) is 17.5 Å². The molecule has 0 atom stereocenters. The summed E-state index contributed by atoms with van der Waals surface area (Å²) in [4.78, 5) is 0. The van der Waals surface area contributed by atoms with E-state index in [9.17, 15) is 0 Å². The predicted octanol–water partition coefficient (Wildman–Crippen LogP) is 5.62. The third kappa shape index (κ3) is 2.32. The van der Waals surface area contributed by atoms with E-state index in [0.29, 0.717) is 0 Å². The summed E-state index contributed by atoms with van der Waals surface area (Å²) in [6, 6.07) is 20.1. The molecule has 1 aliphatic heterocycles. The Morgan fingerprint density at radius 2 is 1.56 bits per heavy atom. The molecule has 0 radical (unpaired) electrons. The van der Waals surface area contributed by atoms with Gasteiger partial charge in [-0.2, -0.15) is 0 Å². The van der Waals surface area contributed by atoms with Gasteiger partial charge in [-0.25, -0.2) is 0 Å². The lowest BCUT2D eigenvalue weighted by Crippen LogP contribution is -2.06. The van der Waals surface area contributed by atoms with E-state index in [1.54, 1.807) is 0 Å². The summed E-state index contributed by atoms with van der Waals surface area (Å²) in [5.74, 6) is 0. The van der Waals surface area contributed by atoms with Crippen molar-refractivity contribution in [2.24, 2.45) is 0 Å². The van der Waals surface area contributed by atoms with Gasteiger partial charge in [0.1, 0.15) is 0 Å². The molecule has 120 valence electrons. The zero-order valence-electron chi connectivity index (χ0n) is 14.0. The SMILES string of the molecule is C1=CC=C(c2cccc3c4c(ccc23)-c2ccccc2CC4)NC=C1. The van der Waals surface area contributed by atoms with E-state index in [1.807, 2.05) is 18.4 Å². The number of nitrogens with one attached hydrogen (secondary N) is 1. The molecule has 0 saturated heterocycles. The monoisotopic (exact) mass is 321 g/mol. The number of fused-ring (bicyclic) bond motifs is 5. The molecule has 0 saturated carbocycles. The fraction of sp³-hybridized carbons (Fsp3) is 0.0833. The maximum absolute atomic E-state index is 3.40. The quantitative estimate of drug-likeness (QED) is 0.613. The van der Waals surface area contributed by atoms with Crippen LogP contribution in [-0.2, 0) is 12.8 Å². The van der Waals surface area contributed by atoms with E-state index in [0.717, 1.165) is 18.5 Å². The van der Waals surface area contributed by atoms with Crippen molar-refractivity contribution in [1.29, 1.82) is 0 Å². The van der Waals surface area contributed by atoms with Crippen molar-refractivity contribution in [1.82, 2.24) is 5.32 Å². The first-order valence-electron chi connectivity index (χ1n) is 8.85. The Kier molecular flexibility index (Phi) is 3.31. The van der Waals surface area contributed by atoms with Gasteiger partial charge in [0.05, 0.1) is 0 Å². The molecule has 1 heterocycles. The van der Waals surface area contributed by atoms with Crippen molar-refractivity contribution in [2.75, 3.05) is 0 Å². The van der Waals surface area contributed by atoms with Crippen LogP contribution in [0, 0.1) is 0 Å². The molecule has 3 aromatic rings. The summed E-state index contributed by atoms with van der Waals surface area (Å²) >= 11 is 0. The second kappa shape index (κ2) is 5.78. The zero-order valence-corrected chi connectivity index (χ0v) is 14.0. The first-order valence-corrected chi connectivity index (χ1v) is 8.85. The van der Waals surface area contributed by atoms with Gasteiger partial charge in [-0.3, -0.25) is 0 Å². The van der Waals surface area contributed by atoms with Gasteiger partial charge in [-0.15, -0.1) is 0 Å². The molecule has 5 rings (SSSR count). The van der Waals surface area contributed by atoms with Crippen molar-refractivity contribution in [2.45, 2.75) is 12.8 Å². The van der Waals surface area contributed by atoms with Crippen LogP contribution in [0.5, 0.6) is 0 Å².